The first-order chi connectivity index (χ1) is 17.5. The first kappa shape index (κ1) is 28.2. The average molecular weight is 517 g/mol. The number of phenols is 1. The molecule has 1 aliphatic heterocycles. The zero-order valence-corrected chi connectivity index (χ0v) is 22.2. The van der Waals surface area contributed by atoms with Crippen LogP contribution >= 0.6 is 0 Å². The van der Waals surface area contributed by atoms with Crippen LogP contribution in [0.3, 0.4) is 0 Å². The molecule has 0 aliphatic carbocycles. The van der Waals surface area contributed by atoms with Gasteiger partial charge in [0, 0.05) is 24.3 Å². The van der Waals surface area contributed by atoms with E-state index in [-0.39, 0.29) is 73.1 Å². The monoisotopic (exact) mass is 516 g/mol. The fourth-order valence-corrected chi connectivity index (χ4v) is 4.27. The number of carbonyl (C=O) groups is 1. The van der Waals surface area contributed by atoms with E-state index in [1.807, 2.05) is 20.8 Å². The van der Waals surface area contributed by atoms with Crippen molar-refractivity contribution >= 4 is 11.6 Å². The number of halogens is 1. The van der Waals surface area contributed by atoms with Gasteiger partial charge in [-0.25, -0.2) is 4.39 Å². The maximum atomic E-state index is 15.4. The average Bonchev–Trinajstić information content (AvgIpc) is 3.14. The molecule has 2 aromatic carbocycles. The van der Waals surface area contributed by atoms with Crippen molar-refractivity contribution in [3.8, 4) is 23.0 Å². The van der Waals surface area contributed by atoms with Gasteiger partial charge in [-0.05, 0) is 55.9 Å². The number of rotatable bonds is 12. The number of carbonyl (C=O) groups excluding carboxylic acids is 1. The molecular weight excluding hydrogens is 479 g/mol. The van der Waals surface area contributed by atoms with Gasteiger partial charge < -0.3 is 29.3 Å². The molecule has 0 radical (unpaired) electrons. The van der Waals surface area contributed by atoms with Crippen molar-refractivity contribution < 1.29 is 33.6 Å². The molecule has 37 heavy (non-hydrogen) atoms. The van der Waals surface area contributed by atoms with Crippen molar-refractivity contribution in [2.45, 2.75) is 59.4 Å². The summed E-state index contributed by atoms with van der Waals surface area (Å²) in [5, 5.41) is 28.4. The minimum atomic E-state index is -0.666. The zero-order valence-electron chi connectivity index (χ0n) is 22.2. The topological polar surface area (TPSA) is 112 Å². The Balaban J connectivity index is 1.89. The van der Waals surface area contributed by atoms with E-state index in [9.17, 15) is 9.90 Å². The Morgan fingerprint density at radius 2 is 1.78 bits per heavy atom. The summed E-state index contributed by atoms with van der Waals surface area (Å²) in [6, 6.07) is 4.81. The standard InChI is InChI=1S/C28H37FN2O6/c1-6-35-22-14-18-15-31(27(30)23(18)24(29)26(22)36-7-2)16-20(33)17-12-19(28(3,4)5)25(34)21(13-17)37-11-9-8-10-32/h12-14,30,32,34H,6-11,15-16H2,1-5H3. The van der Waals surface area contributed by atoms with Gasteiger partial charge in [-0.15, -0.1) is 0 Å². The van der Waals surface area contributed by atoms with Gasteiger partial charge in [0.25, 0.3) is 0 Å². The molecule has 0 fully saturated rings. The number of aromatic hydroxyl groups is 1. The van der Waals surface area contributed by atoms with Crippen molar-refractivity contribution in [3.63, 3.8) is 0 Å². The summed E-state index contributed by atoms with van der Waals surface area (Å²) >= 11 is 0. The van der Waals surface area contributed by atoms with Gasteiger partial charge in [-0.3, -0.25) is 10.2 Å². The molecule has 0 spiro atoms. The van der Waals surface area contributed by atoms with Gasteiger partial charge in [0.15, 0.2) is 34.6 Å². The van der Waals surface area contributed by atoms with Crippen molar-refractivity contribution in [1.82, 2.24) is 4.90 Å². The quantitative estimate of drug-likeness (QED) is 0.274. The fourth-order valence-electron chi connectivity index (χ4n) is 4.27. The summed E-state index contributed by atoms with van der Waals surface area (Å²) in [7, 11) is 0. The second-order valence-corrected chi connectivity index (χ2v) is 9.95. The SMILES string of the molecule is CCOc1cc2c(c(F)c1OCC)C(=N)N(CC(=O)c1cc(OCCCCO)c(O)c(C(C)(C)C)c1)C2. The van der Waals surface area contributed by atoms with Crippen LogP contribution in [0.2, 0.25) is 0 Å². The Bertz CT molecular complexity index is 1160. The molecule has 2 aromatic rings. The number of hydrogen-bond acceptors (Lipinski definition) is 7. The predicted octanol–water partition coefficient (Wildman–Crippen LogP) is 4.80. The molecule has 0 saturated heterocycles. The molecule has 0 bridgehead atoms. The largest absolute Gasteiger partial charge is 0.504 e. The maximum absolute atomic E-state index is 15.4. The lowest BCUT2D eigenvalue weighted by Gasteiger charge is -2.24. The number of benzene rings is 2. The summed E-state index contributed by atoms with van der Waals surface area (Å²) in [6.07, 6.45) is 1.16. The molecule has 3 N–H and O–H groups in total. The van der Waals surface area contributed by atoms with E-state index < -0.39 is 11.2 Å². The minimum Gasteiger partial charge on any atom is -0.504 e. The highest BCUT2D eigenvalue weighted by molar-refractivity contribution is 6.06. The lowest BCUT2D eigenvalue weighted by Crippen LogP contribution is -2.30. The summed E-state index contributed by atoms with van der Waals surface area (Å²) in [4.78, 5) is 14.9. The highest BCUT2D eigenvalue weighted by atomic mass is 19.1. The number of fused-ring (bicyclic) bond motifs is 1. The smallest absolute Gasteiger partial charge is 0.197 e. The van der Waals surface area contributed by atoms with Crippen molar-refractivity contribution in [2.24, 2.45) is 0 Å². The second kappa shape index (κ2) is 11.8. The lowest BCUT2D eigenvalue weighted by molar-refractivity contribution is 0.0962. The number of nitrogens with one attached hydrogen (secondary N) is 1. The number of hydrogen-bond donors (Lipinski definition) is 3. The summed E-state index contributed by atoms with van der Waals surface area (Å²) in [5.41, 5.74) is 1.08. The predicted molar refractivity (Wildman–Crippen MR) is 139 cm³/mol. The number of aliphatic hydroxyl groups is 1. The van der Waals surface area contributed by atoms with Crippen LogP contribution in [-0.2, 0) is 12.0 Å². The van der Waals surface area contributed by atoms with Crippen LogP contribution in [0.15, 0.2) is 18.2 Å². The fraction of sp³-hybridized carbons (Fsp3) is 0.500. The molecular formula is C28H37FN2O6. The Hall–Kier alpha value is -3.33. The molecule has 1 heterocycles. The van der Waals surface area contributed by atoms with E-state index in [4.69, 9.17) is 24.7 Å². The third-order valence-corrected chi connectivity index (χ3v) is 6.12. The third kappa shape index (κ3) is 6.15. The first-order valence-corrected chi connectivity index (χ1v) is 12.6. The van der Waals surface area contributed by atoms with Crippen molar-refractivity contribution in [3.05, 3.63) is 46.3 Å². The molecule has 202 valence electrons. The van der Waals surface area contributed by atoms with Gasteiger partial charge in [-0.1, -0.05) is 20.8 Å². The van der Waals surface area contributed by atoms with Gasteiger partial charge >= 0.3 is 0 Å². The van der Waals surface area contributed by atoms with Gasteiger partial charge in [0.05, 0.1) is 31.9 Å². The van der Waals surface area contributed by atoms with Gasteiger partial charge in [-0.2, -0.15) is 0 Å². The van der Waals surface area contributed by atoms with E-state index in [0.717, 1.165) is 0 Å². The maximum Gasteiger partial charge on any atom is 0.197 e. The number of ether oxygens (including phenoxy) is 3. The number of amidine groups is 1. The van der Waals surface area contributed by atoms with Gasteiger partial charge in [0.2, 0.25) is 0 Å². The Labute approximate surface area is 217 Å². The van der Waals surface area contributed by atoms with Gasteiger partial charge in [0.1, 0.15) is 5.84 Å². The van der Waals surface area contributed by atoms with E-state index in [2.05, 4.69) is 0 Å². The molecule has 0 atom stereocenters. The van der Waals surface area contributed by atoms with Crippen LogP contribution in [0.5, 0.6) is 23.0 Å². The first-order valence-electron chi connectivity index (χ1n) is 12.6. The highest BCUT2D eigenvalue weighted by Crippen LogP contribution is 2.41. The van der Waals surface area contributed by atoms with E-state index in [0.29, 0.717) is 36.1 Å². The molecule has 8 nitrogen and oxygen atoms in total. The Morgan fingerprint density at radius 1 is 1.08 bits per heavy atom. The number of ketones is 1. The summed E-state index contributed by atoms with van der Waals surface area (Å²) in [5.74, 6) is -0.638. The number of nitrogens with zero attached hydrogens (tertiary/aromatic N) is 1. The van der Waals surface area contributed by atoms with Crippen LogP contribution in [0.4, 0.5) is 4.39 Å². The van der Waals surface area contributed by atoms with Crippen LogP contribution in [0.1, 0.15) is 74.5 Å². The Morgan fingerprint density at radius 3 is 2.41 bits per heavy atom. The molecule has 0 saturated carbocycles. The van der Waals surface area contributed by atoms with Crippen LogP contribution in [-0.4, -0.2) is 59.7 Å². The highest BCUT2D eigenvalue weighted by Gasteiger charge is 2.33. The molecule has 0 unspecified atom stereocenters. The molecule has 9 heteroatoms. The zero-order chi connectivity index (χ0) is 27.3. The van der Waals surface area contributed by atoms with E-state index in [1.54, 1.807) is 26.0 Å². The van der Waals surface area contributed by atoms with Crippen LogP contribution in [0.25, 0.3) is 0 Å². The lowest BCUT2D eigenvalue weighted by atomic mass is 9.84. The molecule has 0 aromatic heterocycles. The number of unbranched alkanes of at least 4 members (excludes halogenated alkanes) is 1. The summed E-state index contributed by atoms with van der Waals surface area (Å²) in [6.45, 7) is 10.2. The molecule has 0 amide bonds. The third-order valence-electron chi connectivity index (χ3n) is 6.12. The minimum absolute atomic E-state index is 0.0247. The van der Waals surface area contributed by atoms with Crippen LogP contribution < -0.4 is 14.2 Å². The van der Waals surface area contributed by atoms with Crippen LogP contribution in [0, 0.1) is 11.2 Å². The molecule has 1 aliphatic rings. The Kier molecular flexibility index (Phi) is 9.02. The van der Waals surface area contributed by atoms with Crippen molar-refractivity contribution in [2.75, 3.05) is 33.0 Å². The summed E-state index contributed by atoms with van der Waals surface area (Å²) < 4.78 is 32.1. The molecule has 3 rings (SSSR count). The second-order valence-electron chi connectivity index (χ2n) is 9.95. The van der Waals surface area contributed by atoms with E-state index >= 15 is 4.39 Å². The van der Waals surface area contributed by atoms with E-state index in [1.165, 1.54) is 11.0 Å². The number of phenolic OH excluding ortho intramolecular Hbond substituents is 1. The number of aliphatic hydroxyl groups excluding tert-OH is 1. The normalized spacial score (nSPS) is 13.1. The van der Waals surface area contributed by atoms with Crippen molar-refractivity contribution in [1.29, 1.82) is 5.41 Å². The number of Topliss-reactive ketones (excluding diaryl/α,β-unsaturated/α-hetero) is 1.